The second-order valence-electron chi connectivity index (χ2n) is 3.47. The van der Waals surface area contributed by atoms with Gasteiger partial charge in [0.15, 0.2) is 0 Å². The zero-order valence-corrected chi connectivity index (χ0v) is 10.3. The Labute approximate surface area is 106 Å². The van der Waals surface area contributed by atoms with Gasteiger partial charge >= 0.3 is 0 Å². The van der Waals surface area contributed by atoms with E-state index in [1.165, 1.54) is 0 Å². The van der Waals surface area contributed by atoms with Crippen LogP contribution in [0.15, 0.2) is 18.2 Å². The van der Waals surface area contributed by atoms with Crippen LogP contribution in [0.25, 0.3) is 0 Å². The van der Waals surface area contributed by atoms with Crippen molar-refractivity contribution in [2.75, 3.05) is 25.6 Å². The molecule has 5 nitrogen and oxygen atoms in total. The molecule has 0 saturated carbocycles. The Kier molecular flexibility index (Phi) is 6.47. The van der Waals surface area contributed by atoms with Gasteiger partial charge in [-0.05, 0) is 18.1 Å². The van der Waals surface area contributed by atoms with Crippen LogP contribution >= 0.6 is 0 Å². The third kappa shape index (κ3) is 5.43. The van der Waals surface area contributed by atoms with E-state index in [9.17, 15) is 4.79 Å². The second kappa shape index (κ2) is 8.23. The van der Waals surface area contributed by atoms with Crippen LogP contribution in [0.1, 0.15) is 18.5 Å². The van der Waals surface area contributed by atoms with E-state index in [1.807, 2.05) is 0 Å². The SMILES string of the molecule is COCCC(=O)Nc1cccc(C#CCCO)n1. The van der Waals surface area contributed by atoms with Gasteiger partial charge in [0.25, 0.3) is 0 Å². The van der Waals surface area contributed by atoms with Gasteiger partial charge in [-0.3, -0.25) is 4.79 Å². The lowest BCUT2D eigenvalue weighted by Gasteiger charge is -2.03. The van der Waals surface area contributed by atoms with Crippen LogP contribution in [0.4, 0.5) is 5.82 Å². The summed E-state index contributed by atoms with van der Waals surface area (Å²) in [5.74, 6) is 5.89. The van der Waals surface area contributed by atoms with Crippen LogP contribution in [0.3, 0.4) is 0 Å². The van der Waals surface area contributed by atoms with Gasteiger partial charge in [0, 0.05) is 13.5 Å². The smallest absolute Gasteiger partial charge is 0.227 e. The molecule has 1 aromatic heterocycles. The largest absolute Gasteiger partial charge is 0.395 e. The number of hydrogen-bond acceptors (Lipinski definition) is 4. The Balaban J connectivity index is 2.60. The van der Waals surface area contributed by atoms with E-state index in [1.54, 1.807) is 25.3 Å². The van der Waals surface area contributed by atoms with E-state index in [0.29, 0.717) is 31.0 Å². The lowest BCUT2D eigenvalue weighted by Crippen LogP contribution is -2.14. The molecule has 2 N–H and O–H groups in total. The fraction of sp³-hybridized carbons (Fsp3) is 0.385. The minimum atomic E-state index is -0.148. The molecule has 0 bridgehead atoms. The molecule has 0 radical (unpaired) electrons. The number of anilines is 1. The molecule has 18 heavy (non-hydrogen) atoms. The number of ether oxygens (including phenoxy) is 1. The maximum atomic E-state index is 11.4. The van der Waals surface area contributed by atoms with Crippen molar-refractivity contribution in [1.29, 1.82) is 0 Å². The summed E-state index contributed by atoms with van der Waals surface area (Å²) >= 11 is 0. The highest BCUT2D eigenvalue weighted by Crippen LogP contribution is 2.04. The Morgan fingerprint density at radius 1 is 1.56 bits per heavy atom. The molecule has 0 fully saturated rings. The first kappa shape index (κ1) is 14.2. The van der Waals surface area contributed by atoms with E-state index in [-0.39, 0.29) is 12.5 Å². The predicted molar refractivity (Wildman–Crippen MR) is 67.9 cm³/mol. The van der Waals surface area contributed by atoms with Crippen molar-refractivity contribution in [3.05, 3.63) is 23.9 Å². The Morgan fingerprint density at radius 3 is 3.11 bits per heavy atom. The van der Waals surface area contributed by atoms with Gasteiger partial charge in [0.2, 0.25) is 5.91 Å². The number of pyridine rings is 1. The fourth-order valence-corrected chi connectivity index (χ4v) is 1.18. The Hall–Kier alpha value is -1.90. The summed E-state index contributed by atoms with van der Waals surface area (Å²) in [5, 5.41) is 11.3. The van der Waals surface area contributed by atoms with Gasteiger partial charge in [-0.1, -0.05) is 12.0 Å². The number of carbonyl (C=O) groups is 1. The molecule has 1 heterocycles. The maximum absolute atomic E-state index is 11.4. The average molecular weight is 248 g/mol. The van der Waals surface area contributed by atoms with Crippen molar-refractivity contribution in [3.8, 4) is 11.8 Å². The highest BCUT2D eigenvalue weighted by atomic mass is 16.5. The highest BCUT2D eigenvalue weighted by molar-refractivity contribution is 5.89. The summed E-state index contributed by atoms with van der Waals surface area (Å²) in [7, 11) is 1.54. The number of aliphatic hydroxyl groups excluding tert-OH is 1. The standard InChI is InChI=1S/C13H16N2O3/c1-18-10-8-13(17)15-12-7-4-6-11(14-12)5-2-3-9-16/h4,6-7,16H,3,8-10H2,1H3,(H,14,15,17). The fourth-order valence-electron chi connectivity index (χ4n) is 1.18. The molecule has 1 amide bonds. The number of aliphatic hydroxyl groups is 1. The van der Waals surface area contributed by atoms with Crippen LogP contribution in [-0.4, -0.2) is 36.3 Å². The van der Waals surface area contributed by atoms with E-state index < -0.39 is 0 Å². The summed E-state index contributed by atoms with van der Waals surface area (Å²) in [5.41, 5.74) is 0.563. The van der Waals surface area contributed by atoms with Crippen LogP contribution in [0.2, 0.25) is 0 Å². The molecule has 0 unspecified atom stereocenters. The van der Waals surface area contributed by atoms with Crippen LogP contribution < -0.4 is 5.32 Å². The summed E-state index contributed by atoms with van der Waals surface area (Å²) < 4.78 is 4.81. The van der Waals surface area contributed by atoms with Crippen molar-refractivity contribution in [3.63, 3.8) is 0 Å². The molecule has 0 atom stereocenters. The van der Waals surface area contributed by atoms with Crippen molar-refractivity contribution in [2.24, 2.45) is 0 Å². The Morgan fingerprint density at radius 2 is 2.39 bits per heavy atom. The summed E-state index contributed by atoms with van der Waals surface area (Å²) in [4.78, 5) is 15.6. The number of carbonyl (C=O) groups excluding carboxylic acids is 1. The van der Waals surface area contributed by atoms with Gasteiger partial charge in [0.05, 0.1) is 19.6 Å². The quantitative estimate of drug-likeness (QED) is 0.756. The van der Waals surface area contributed by atoms with Crippen molar-refractivity contribution < 1.29 is 14.6 Å². The van der Waals surface area contributed by atoms with Crippen molar-refractivity contribution in [2.45, 2.75) is 12.8 Å². The predicted octanol–water partition coefficient (Wildman–Crippen LogP) is 0.790. The molecule has 5 heteroatoms. The second-order valence-corrected chi connectivity index (χ2v) is 3.47. The van der Waals surface area contributed by atoms with Crippen LogP contribution in [-0.2, 0) is 9.53 Å². The molecular weight excluding hydrogens is 232 g/mol. The zero-order chi connectivity index (χ0) is 13.2. The molecule has 1 aromatic rings. The van der Waals surface area contributed by atoms with Crippen molar-refractivity contribution in [1.82, 2.24) is 4.98 Å². The van der Waals surface area contributed by atoms with E-state index in [2.05, 4.69) is 22.1 Å². The van der Waals surface area contributed by atoms with Gasteiger partial charge in [0.1, 0.15) is 11.5 Å². The number of rotatable bonds is 5. The third-order valence-electron chi connectivity index (χ3n) is 2.00. The van der Waals surface area contributed by atoms with Crippen LogP contribution in [0, 0.1) is 11.8 Å². The van der Waals surface area contributed by atoms with E-state index in [0.717, 1.165) is 0 Å². The lowest BCUT2D eigenvalue weighted by molar-refractivity contribution is -0.117. The Bertz CT molecular complexity index is 449. The normalized spacial score (nSPS) is 9.44. The van der Waals surface area contributed by atoms with Gasteiger partial charge in [-0.15, -0.1) is 0 Å². The van der Waals surface area contributed by atoms with Gasteiger partial charge < -0.3 is 15.2 Å². The summed E-state index contributed by atoms with van der Waals surface area (Å²) in [6.07, 6.45) is 0.699. The van der Waals surface area contributed by atoms with E-state index in [4.69, 9.17) is 9.84 Å². The molecule has 0 aromatic carbocycles. The first-order valence-electron chi connectivity index (χ1n) is 5.62. The van der Waals surface area contributed by atoms with Gasteiger partial charge in [-0.25, -0.2) is 4.98 Å². The molecule has 0 spiro atoms. The number of nitrogens with one attached hydrogen (secondary N) is 1. The van der Waals surface area contributed by atoms with Crippen molar-refractivity contribution >= 4 is 11.7 Å². The number of amides is 1. The molecule has 96 valence electrons. The molecular formula is C13H16N2O3. The third-order valence-corrected chi connectivity index (χ3v) is 2.00. The summed E-state index contributed by atoms with van der Waals surface area (Å²) in [6, 6.07) is 5.21. The topological polar surface area (TPSA) is 71.5 Å². The number of methoxy groups -OCH3 is 1. The molecule has 1 rings (SSSR count). The molecule has 0 aliphatic carbocycles. The maximum Gasteiger partial charge on any atom is 0.227 e. The first-order chi connectivity index (χ1) is 8.76. The van der Waals surface area contributed by atoms with Crippen LogP contribution in [0.5, 0.6) is 0 Å². The number of nitrogens with zero attached hydrogens (tertiary/aromatic N) is 1. The highest BCUT2D eigenvalue weighted by Gasteiger charge is 2.02. The zero-order valence-electron chi connectivity index (χ0n) is 10.3. The molecule has 0 aliphatic heterocycles. The minimum Gasteiger partial charge on any atom is -0.395 e. The molecule has 0 aliphatic rings. The summed E-state index contributed by atoms with van der Waals surface area (Å²) in [6.45, 7) is 0.405. The van der Waals surface area contributed by atoms with E-state index >= 15 is 0 Å². The monoisotopic (exact) mass is 248 g/mol. The number of hydrogen-bond donors (Lipinski definition) is 2. The number of aromatic nitrogens is 1. The average Bonchev–Trinajstić information content (AvgIpc) is 2.37. The minimum absolute atomic E-state index is 0.0282. The first-order valence-corrected chi connectivity index (χ1v) is 5.62. The molecule has 0 saturated heterocycles. The van der Waals surface area contributed by atoms with Gasteiger partial charge in [-0.2, -0.15) is 0 Å². The lowest BCUT2D eigenvalue weighted by atomic mass is 10.3.